The first kappa shape index (κ1) is 14.3. The summed E-state index contributed by atoms with van der Waals surface area (Å²) in [6, 6.07) is 4.84. The molecule has 1 N–H and O–H groups in total. The van der Waals surface area contributed by atoms with Crippen LogP contribution in [0.25, 0.3) is 0 Å². The molecule has 1 heterocycles. The van der Waals surface area contributed by atoms with E-state index in [-0.39, 0.29) is 10.8 Å². The van der Waals surface area contributed by atoms with Crippen molar-refractivity contribution in [1.82, 2.24) is 4.72 Å². The standard InChI is InChI=1S/C13H19NO4S/c1-10-7-12(3-4-13(10)17-2)19(15,16)14-8-11-5-6-18-9-11/h3-4,7,11,14H,5-6,8-9H2,1-2H3/t11-/m1/s1. The smallest absolute Gasteiger partial charge is 0.240 e. The summed E-state index contributed by atoms with van der Waals surface area (Å²) in [4.78, 5) is 0.268. The Hall–Kier alpha value is -1.11. The van der Waals surface area contributed by atoms with Crippen molar-refractivity contribution in [1.29, 1.82) is 0 Å². The van der Waals surface area contributed by atoms with Crippen LogP contribution in [0.4, 0.5) is 0 Å². The van der Waals surface area contributed by atoms with Gasteiger partial charge < -0.3 is 9.47 Å². The Morgan fingerprint density at radius 2 is 2.26 bits per heavy atom. The van der Waals surface area contributed by atoms with E-state index in [2.05, 4.69) is 4.72 Å². The Morgan fingerprint density at radius 1 is 1.47 bits per heavy atom. The minimum atomic E-state index is -3.46. The lowest BCUT2D eigenvalue weighted by atomic mass is 10.1. The van der Waals surface area contributed by atoms with Gasteiger partial charge >= 0.3 is 0 Å². The van der Waals surface area contributed by atoms with Crippen molar-refractivity contribution in [2.45, 2.75) is 18.2 Å². The minimum Gasteiger partial charge on any atom is -0.496 e. The highest BCUT2D eigenvalue weighted by molar-refractivity contribution is 7.89. The Balaban J connectivity index is 2.08. The summed E-state index contributed by atoms with van der Waals surface area (Å²) in [5.74, 6) is 0.956. The third-order valence-electron chi connectivity index (χ3n) is 3.26. The number of sulfonamides is 1. The van der Waals surface area contributed by atoms with Gasteiger partial charge in [-0.1, -0.05) is 0 Å². The van der Waals surface area contributed by atoms with E-state index in [0.29, 0.717) is 25.5 Å². The predicted molar refractivity (Wildman–Crippen MR) is 71.8 cm³/mol. The largest absolute Gasteiger partial charge is 0.496 e. The molecule has 0 amide bonds. The maximum atomic E-state index is 12.1. The molecule has 1 fully saturated rings. The predicted octanol–water partition coefficient (Wildman–Crippen LogP) is 1.32. The van der Waals surface area contributed by atoms with Crippen molar-refractivity contribution in [2.75, 3.05) is 26.9 Å². The van der Waals surface area contributed by atoms with Gasteiger partial charge in [-0.05, 0) is 43.0 Å². The fourth-order valence-electron chi connectivity index (χ4n) is 2.07. The molecule has 0 unspecified atom stereocenters. The first-order valence-electron chi connectivity index (χ1n) is 6.25. The molecule has 106 valence electrons. The van der Waals surface area contributed by atoms with Crippen LogP contribution in [0.3, 0.4) is 0 Å². The highest BCUT2D eigenvalue weighted by Crippen LogP contribution is 2.21. The van der Waals surface area contributed by atoms with Gasteiger partial charge in [0.1, 0.15) is 5.75 Å². The first-order valence-corrected chi connectivity index (χ1v) is 7.73. The van der Waals surface area contributed by atoms with Crippen LogP contribution in [0.2, 0.25) is 0 Å². The van der Waals surface area contributed by atoms with Crippen molar-refractivity contribution in [3.63, 3.8) is 0 Å². The number of methoxy groups -OCH3 is 1. The number of aryl methyl sites for hydroxylation is 1. The normalized spacial score (nSPS) is 19.6. The van der Waals surface area contributed by atoms with Crippen LogP contribution >= 0.6 is 0 Å². The topological polar surface area (TPSA) is 64.6 Å². The third-order valence-corrected chi connectivity index (χ3v) is 4.68. The molecule has 19 heavy (non-hydrogen) atoms. The van der Waals surface area contributed by atoms with E-state index in [4.69, 9.17) is 9.47 Å². The van der Waals surface area contributed by atoms with Gasteiger partial charge in [0, 0.05) is 13.2 Å². The highest BCUT2D eigenvalue weighted by atomic mass is 32.2. The fourth-order valence-corrected chi connectivity index (χ4v) is 3.27. The van der Waals surface area contributed by atoms with E-state index in [9.17, 15) is 8.42 Å². The lowest BCUT2D eigenvalue weighted by Gasteiger charge is -2.12. The van der Waals surface area contributed by atoms with Gasteiger partial charge in [-0.15, -0.1) is 0 Å². The monoisotopic (exact) mass is 285 g/mol. The van der Waals surface area contributed by atoms with Gasteiger partial charge in [-0.25, -0.2) is 13.1 Å². The van der Waals surface area contributed by atoms with E-state index >= 15 is 0 Å². The van der Waals surface area contributed by atoms with Gasteiger partial charge in [0.25, 0.3) is 0 Å². The molecule has 0 spiro atoms. The summed E-state index contributed by atoms with van der Waals surface area (Å²) < 4.78 is 37.3. The minimum absolute atomic E-state index is 0.268. The van der Waals surface area contributed by atoms with E-state index in [1.807, 2.05) is 6.92 Å². The zero-order chi connectivity index (χ0) is 13.9. The molecule has 1 atom stereocenters. The van der Waals surface area contributed by atoms with Crippen LogP contribution in [-0.4, -0.2) is 35.3 Å². The molecule has 0 aliphatic carbocycles. The average molecular weight is 285 g/mol. The summed E-state index contributed by atoms with van der Waals surface area (Å²) >= 11 is 0. The van der Waals surface area contributed by atoms with Gasteiger partial charge in [0.15, 0.2) is 0 Å². The maximum Gasteiger partial charge on any atom is 0.240 e. The zero-order valence-electron chi connectivity index (χ0n) is 11.2. The molecule has 0 bridgehead atoms. The maximum absolute atomic E-state index is 12.1. The molecule has 6 heteroatoms. The molecule has 1 saturated heterocycles. The van der Waals surface area contributed by atoms with Crippen LogP contribution in [0.5, 0.6) is 5.75 Å². The number of nitrogens with one attached hydrogen (secondary N) is 1. The van der Waals surface area contributed by atoms with Crippen molar-refractivity contribution in [3.8, 4) is 5.75 Å². The van der Waals surface area contributed by atoms with Crippen LogP contribution < -0.4 is 9.46 Å². The molecular formula is C13H19NO4S. The van der Waals surface area contributed by atoms with Crippen LogP contribution in [0, 0.1) is 12.8 Å². The van der Waals surface area contributed by atoms with Crippen molar-refractivity contribution in [2.24, 2.45) is 5.92 Å². The highest BCUT2D eigenvalue weighted by Gasteiger charge is 2.20. The molecule has 5 nitrogen and oxygen atoms in total. The van der Waals surface area contributed by atoms with E-state index in [1.54, 1.807) is 25.3 Å². The molecule has 1 aromatic carbocycles. The number of hydrogen-bond donors (Lipinski definition) is 1. The molecule has 1 aromatic rings. The summed E-state index contributed by atoms with van der Waals surface area (Å²) in [5.41, 5.74) is 0.801. The van der Waals surface area contributed by atoms with Gasteiger partial charge in [-0.2, -0.15) is 0 Å². The number of hydrogen-bond acceptors (Lipinski definition) is 4. The SMILES string of the molecule is COc1ccc(S(=O)(=O)NC[C@H]2CCOC2)cc1C. The van der Waals surface area contributed by atoms with Crippen LogP contribution in [-0.2, 0) is 14.8 Å². The van der Waals surface area contributed by atoms with E-state index in [1.165, 1.54) is 0 Å². The second-order valence-corrected chi connectivity index (χ2v) is 6.48. The van der Waals surface area contributed by atoms with Gasteiger partial charge in [-0.3, -0.25) is 0 Å². The molecule has 0 aromatic heterocycles. The summed E-state index contributed by atoms with van der Waals surface area (Å²) in [6.45, 7) is 3.59. The molecular weight excluding hydrogens is 266 g/mol. The van der Waals surface area contributed by atoms with Gasteiger partial charge in [0.05, 0.1) is 18.6 Å². The molecule has 1 aliphatic rings. The Morgan fingerprint density at radius 3 is 2.84 bits per heavy atom. The Bertz CT molecular complexity index is 536. The van der Waals surface area contributed by atoms with Crippen molar-refractivity contribution < 1.29 is 17.9 Å². The molecule has 2 rings (SSSR count). The third kappa shape index (κ3) is 3.46. The number of ether oxygens (including phenoxy) is 2. The zero-order valence-corrected chi connectivity index (χ0v) is 12.0. The fraction of sp³-hybridized carbons (Fsp3) is 0.538. The molecule has 1 aliphatic heterocycles. The van der Waals surface area contributed by atoms with Gasteiger partial charge in [0.2, 0.25) is 10.0 Å². The average Bonchev–Trinajstić information content (AvgIpc) is 2.89. The summed E-state index contributed by atoms with van der Waals surface area (Å²) in [6.07, 6.45) is 0.907. The molecule has 0 radical (unpaired) electrons. The Kier molecular flexibility index (Phi) is 4.44. The van der Waals surface area contributed by atoms with Crippen LogP contribution in [0.1, 0.15) is 12.0 Å². The summed E-state index contributed by atoms with van der Waals surface area (Å²) in [7, 11) is -1.89. The lowest BCUT2D eigenvalue weighted by Crippen LogP contribution is -2.29. The van der Waals surface area contributed by atoms with Crippen molar-refractivity contribution in [3.05, 3.63) is 23.8 Å². The Labute approximate surface area is 114 Å². The molecule has 0 saturated carbocycles. The van der Waals surface area contributed by atoms with Crippen molar-refractivity contribution >= 4 is 10.0 Å². The number of rotatable bonds is 5. The van der Waals surface area contributed by atoms with Crippen LogP contribution in [0.15, 0.2) is 23.1 Å². The lowest BCUT2D eigenvalue weighted by molar-refractivity contribution is 0.186. The second-order valence-electron chi connectivity index (χ2n) is 4.71. The quantitative estimate of drug-likeness (QED) is 0.886. The van der Waals surface area contributed by atoms with E-state index in [0.717, 1.165) is 12.0 Å². The second kappa shape index (κ2) is 5.90. The van der Waals surface area contributed by atoms with E-state index < -0.39 is 10.0 Å². The summed E-state index contributed by atoms with van der Waals surface area (Å²) in [5, 5.41) is 0. The number of benzene rings is 1. The first-order chi connectivity index (χ1) is 9.03.